The number of carboxylic acids is 1. The standard InChI is InChI=1S/C17H24N2O6S/c1-3-15(17(21)22)18-16(20)12-8-10-19(11-9-12)26(23,24)14-6-4-13(25-2)5-7-14/h4-7,12,15H,3,8-11H2,1-2H3,(H,18,20)(H,21,22). The smallest absolute Gasteiger partial charge is 0.326 e. The number of rotatable bonds is 7. The highest BCUT2D eigenvalue weighted by atomic mass is 32.2. The molecular weight excluding hydrogens is 360 g/mol. The van der Waals surface area contributed by atoms with E-state index in [0.717, 1.165) is 0 Å². The lowest BCUT2D eigenvalue weighted by Gasteiger charge is -2.31. The normalized spacial score (nSPS) is 17.5. The molecule has 1 amide bonds. The molecule has 0 aliphatic carbocycles. The lowest BCUT2D eigenvalue weighted by atomic mass is 9.97. The zero-order valence-corrected chi connectivity index (χ0v) is 15.7. The summed E-state index contributed by atoms with van der Waals surface area (Å²) >= 11 is 0. The SMILES string of the molecule is CCC(NC(=O)C1CCN(S(=O)(=O)c2ccc(OC)cc2)CC1)C(=O)O. The van der Waals surface area contributed by atoms with Crippen LogP contribution in [-0.4, -0.2) is 55.9 Å². The topological polar surface area (TPSA) is 113 Å². The van der Waals surface area contributed by atoms with Gasteiger partial charge in [-0.15, -0.1) is 0 Å². The fourth-order valence-electron chi connectivity index (χ4n) is 2.88. The molecule has 1 saturated heterocycles. The van der Waals surface area contributed by atoms with Gasteiger partial charge in [0, 0.05) is 19.0 Å². The van der Waals surface area contributed by atoms with Crippen LogP contribution in [0.2, 0.25) is 0 Å². The van der Waals surface area contributed by atoms with Gasteiger partial charge in [-0.05, 0) is 43.5 Å². The van der Waals surface area contributed by atoms with Crippen LogP contribution in [0.25, 0.3) is 0 Å². The number of nitrogens with zero attached hydrogens (tertiary/aromatic N) is 1. The average Bonchev–Trinajstić information content (AvgIpc) is 2.65. The number of carboxylic acid groups (broad SMARTS) is 1. The highest BCUT2D eigenvalue weighted by molar-refractivity contribution is 7.89. The van der Waals surface area contributed by atoms with E-state index in [4.69, 9.17) is 9.84 Å². The number of benzene rings is 1. The Labute approximate surface area is 153 Å². The van der Waals surface area contributed by atoms with Gasteiger partial charge in [0.25, 0.3) is 0 Å². The minimum absolute atomic E-state index is 0.179. The Hall–Kier alpha value is -2.13. The van der Waals surface area contributed by atoms with Crippen LogP contribution in [-0.2, 0) is 19.6 Å². The molecule has 8 nitrogen and oxygen atoms in total. The summed E-state index contributed by atoms with van der Waals surface area (Å²) in [6.07, 6.45) is 1.01. The summed E-state index contributed by atoms with van der Waals surface area (Å²) in [5.41, 5.74) is 0. The summed E-state index contributed by atoms with van der Waals surface area (Å²) in [6, 6.07) is 5.24. The largest absolute Gasteiger partial charge is 0.497 e. The van der Waals surface area contributed by atoms with Gasteiger partial charge in [0.1, 0.15) is 11.8 Å². The Kier molecular flexibility index (Phi) is 6.60. The molecule has 9 heteroatoms. The molecule has 1 aromatic carbocycles. The molecule has 2 N–H and O–H groups in total. The van der Waals surface area contributed by atoms with E-state index < -0.39 is 22.0 Å². The fraction of sp³-hybridized carbons (Fsp3) is 0.529. The van der Waals surface area contributed by atoms with Gasteiger partial charge in [0.2, 0.25) is 15.9 Å². The van der Waals surface area contributed by atoms with Gasteiger partial charge < -0.3 is 15.2 Å². The number of carbonyl (C=O) groups is 2. The Morgan fingerprint density at radius 3 is 2.31 bits per heavy atom. The van der Waals surface area contributed by atoms with Crippen LogP contribution in [0.5, 0.6) is 5.75 Å². The predicted molar refractivity (Wildman–Crippen MR) is 94.3 cm³/mol. The van der Waals surface area contributed by atoms with Crippen molar-refractivity contribution in [2.45, 2.75) is 37.1 Å². The minimum atomic E-state index is -3.63. The minimum Gasteiger partial charge on any atom is -0.497 e. The molecule has 2 rings (SSSR count). The number of piperidine rings is 1. The molecular formula is C17H24N2O6S. The van der Waals surface area contributed by atoms with E-state index in [1.807, 2.05) is 0 Å². The first kappa shape index (κ1) is 20.2. The van der Waals surface area contributed by atoms with Crippen LogP contribution < -0.4 is 10.1 Å². The van der Waals surface area contributed by atoms with Crippen LogP contribution in [0.15, 0.2) is 29.2 Å². The van der Waals surface area contributed by atoms with E-state index in [1.165, 1.54) is 23.5 Å². The number of sulfonamides is 1. The fourth-order valence-corrected chi connectivity index (χ4v) is 4.35. The lowest BCUT2D eigenvalue weighted by Crippen LogP contribution is -2.47. The second-order valence-corrected chi connectivity index (χ2v) is 8.10. The monoisotopic (exact) mass is 384 g/mol. The quantitative estimate of drug-likeness (QED) is 0.727. The second kappa shape index (κ2) is 8.50. The zero-order valence-electron chi connectivity index (χ0n) is 14.8. The number of hydrogen-bond acceptors (Lipinski definition) is 5. The van der Waals surface area contributed by atoms with Gasteiger partial charge in [-0.3, -0.25) is 4.79 Å². The number of carbonyl (C=O) groups excluding carboxylic acids is 1. The third kappa shape index (κ3) is 4.53. The molecule has 1 aromatic rings. The van der Waals surface area contributed by atoms with Gasteiger partial charge in [0.15, 0.2) is 0 Å². The van der Waals surface area contributed by atoms with Crippen molar-refractivity contribution >= 4 is 21.9 Å². The van der Waals surface area contributed by atoms with Gasteiger partial charge >= 0.3 is 5.97 Å². The van der Waals surface area contributed by atoms with Crippen molar-refractivity contribution in [1.29, 1.82) is 0 Å². The van der Waals surface area contributed by atoms with Gasteiger partial charge in [0.05, 0.1) is 12.0 Å². The highest BCUT2D eigenvalue weighted by Gasteiger charge is 2.33. The molecule has 1 aliphatic heterocycles. The van der Waals surface area contributed by atoms with Crippen molar-refractivity contribution < 1.29 is 27.9 Å². The number of ether oxygens (including phenoxy) is 1. The van der Waals surface area contributed by atoms with Crippen molar-refractivity contribution in [3.63, 3.8) is 0 Å². The van der Waals surface area contributed by atoms with E-state index in [1.54, 1.807) is 19.1 Å². The highest BCUT2D eigenvalue weighted by Crippen LogP contribution is 2.25. The Morgan fingerprint density at radius 1 is 1.27 bits per heavy atom. The molecule has 1 atom stereocenters. The van der Waals surface area contributed by atoms with E-state index in [0.29, 0.717) is 25.0 Å². The summed E-state index contributed by atoms with van der Waals surface area (Å²) in [7, 11) is -2.12. The number of amides is 1. The van der Waals surface area contributed by atoms with Crippen LogP contribution in [0.3, 0.4) is 0 Å². The molecule has 1 aliphatic rings. The maximum absolute atomic E-state index is 12.7. The molecule has 1 unspecified atom stereocenters. The third-order valence-electron chi connectivity index (χ3n) is 4.54. The van der Waals surface area contributed by atoms with Crippen molar-refractivity contribution in [3.05, 3.63) is 24.3 Å². The number of aliphatic carboxylic acids is 1. The van der Waals surface area contributed by atoms with E-state index in [2.05, 4.69) is 5.32 Å². The Balaban J connectivity index is 1.98. The van der Waals surface area contributed by atoms with Crippen molar-refractivity contribution in [1.82, 2.24) is 9.62 Å². The van der Waals surface area contributed by atoms with Crippen LogP contribution in [0.4, 0.5) is 0 Å². The van der Waals surface area contributed by atoms with E-state index in [9.17, 15) is 18.0 Å². The maximum Gasteiger partial charge on any atom is 0.326 e. The summed E-state index contributed by atoms with van der Waals surface area (Å²) in [6.45, 7) is 2.12. The van der Waals surface area contributed by atoms with Crippen molar-refractivity contribution in [2.75, 3.05) is 20.2 Å². The molecule has 0 radical (unpaired) electrons. The molecule has 0 aromatic heterocycles. The maximum atomic E-state index is 12.7. The zero-order chi connectivity index (χ0) is 19.3. The first-order valence-corrected chi connectivity index (χ1v) is 9.91. The summed E-state index contributed by atoms with van der Waals surface area (Å²) in [4.78, 5) is 23.4. The first-order chi connectivity index (χ1) is 12.3. The lowest BCUT2D eigenvalue weighted by molar-refractivity contribution is -0.142. The third-order valence-corrected chi connectivity index (χ3v) is 6.46. The van der Waals surface area contributed by atoms with Gasteiger partial charge in [-0.25, -0.2) is 13.2 Å². The molecule has 1 heterocycles. The Bertz CT molecular complexity index is 739. The van der Waals surface area contributed by atoms with Crippen molar-refractivity contribution in [3.8, 4) is 5.75 Å². The molecule has 0 saturated carbocycles. The summed E-state index contributed by atoms with van der Waals surface area (Å²) in [5, 5.41) is 11.5. The van der Waals surface area contributed by atoms with Crippen LogP contribution >= 0.6 is 0 Å². The predicted octanol–water partition coefficient (Wildman–Crippen LogP) is 1.08. The summed E-state index contributed by atoms with van der Waals surface area (Å²) < 4.78 is 31.8. The number of hydrogen-bond donors (Lipinski definition) is 2. The number of nitrogens with one attached hydrogen (secondary N) is 1. The molecule has 144 valence electrons. The van der Waals surface area contributed by atoms with E-state index in [-0.39, 0.29) is 29.8 Å². The number of methoxy groups -OCH3 is 1. The second-order valence-electron chi connectivity index (χ2n) is 6.16. The Morgan fingerprint density at radius 2 is 1.85 bits per heavy atom. The van der Waals surface area contributed by atoms with Crippen molar-refractivity contribution in [2.24, 2.45) is 5.92 Å². The average molecular weight is 384 g/mol. The van der Waals surface area contributed by atoms with Gasteiger partial charge in [-0.2, -0.15) is 4.31 Å². The van der Waals surface area contributed by atoms with E-state index >= 15 is 0 Å². The summed E-state index contributed by atoms with van der Waals surface area (Å²) in [5.74, 6) is -1.21. The molecule has 26 heavy (non-hydrogen) atoms. The van der Waals surface area contributed by atoms with Crippen LogP contribution in [0, 0.1) is 5.92 Å². The van der Waals surface area contributed by atoms with Gasteiger partial charge in [-0.1, -0.05) is 6.92 Å². The van der Waals surface area contributed by atoms with Crippen LogP contribution in [0.1, 0.15) is 26.2 Å². The molecule has 0 spiro atoms. The first-order valence-electron chi connectivity index (χ1n) is 8.47. The molecule has 0 bridgehead atoms. The molecule has 1 fully saturated rings.